The Morgan fingerprint density at radius 3 is 2.53 bits per heavy atom. The second-order valence-corrected chi connectivity index (χ2v) is 4.34. The Labute approximate surface area is 100 Å². The summed E-state index contributed by atoms with van der Waals surface area (Å²) in [6.07, 6.45) is 2.54. The van der Waals surface area contributed by atoms with E-state index in [1.165, 1.54) is 12.1 Å². The molecule has 0 saturated heterocycles. The SMILES string of the molecule is Cc1cnn(C(C)Cc2ccc(F)cc2)c1N. The number of aryl methyl sites for hydroxylation is 1. The Balaban J connectivity index is 2.14. The summed E-state index contributed by atoms with van der Waals surface area (Å²) in [4.78, 5) is 0. The number of nitrogens with zero attached hydrogens (tertiary/aromatic N) is 2. The quantitative estimate of drug-likeness (QED) is 0.885. The third-order valence-corrected chi connectivity index (χ3v) is 2.89. The fourth-order valence-electron chi connectivity index (χ4n) is 1.86. The molecule has 0 aliphatic rings. The molecule has 1 heterocycles. The van der Waals surface area contributed by atoms with Crippen molar-refractivity contribution in [1.82, 2.24) is 9.78 Å². The van der Waals surface area contributed by atoms with E-state index in [0.717, 1.165) is 17.5 Å². The van der Waals surface area contributed by atoms with Crippen LogP contribution >= 0.6 is 0 Å². The van der Waals surface area contributed by atoms with Crippen LogP contribution in [0.15, 0.2) is 30.5 Å². The van der Waals surface area contributed by atoms with Gasteiger partial charge in [0.15, 0.2) is 0 Å². The number of anilines is 1. The van der Waals surface area contributed by atoms with Gasteiger partial charge in [-0.05, 0) is 38.0 Å². The first-order chi connectivity index (χ1) is 8.08. The summed E-state index contributed by atoms with van der Waals surface area (Å²) in [6.45, 7) is 3.98. The van der Waals surface area contributed by atoms with Crippen LogP contribution < -0.4 is 5.73 Å². The minimum atomic E-state index is -0.212. The van der Waals surface area contributed by atoms with Gasteiger partial charge in [0.1, 0.15) is 11.6 Å². The first-order valence-electron chi connectivity index (χ1n) is 5.62. The van der Waals surface area contributed by atoms with Crippen molar-refractivity contribution >= 4 is 5.82 Å². The van der Waals surface area contributed by atoms with Crippen LogP contribution in [-0.2, 0) is 6.42 Å². The predicted octanol–water partition coefficient (Wildman–Crippen LogP) is 2.72. The molecule has 17 heavy (non-hydrogen) atoms. The van der Waals surface area contributed by atoms with Crippen molar-refractivity contribution in [2.75, 3.05) is 5.73 Å². The highest BCUT2D eigenvalue weighted by molar-refractivity contribution is 5.37. The lowest BCUT2D eigenvalue weighted by Gasteiger charge is -2.14. The number of halogens is 1. The highest BCUT2D eigenvalue weighted by atomic mass is 19.1. The molecule has 0 radical (unpaired) electrons. The van der Waals surface area contributed by atoms with E-state index in [2.05, 4.69) is 5.10 Å². The summed E-state index contributed by atoms with van der Waals surface area (Å²) in [5, 5.41) is 4.25. The van der Waals surface area contributed by atoms with Crippen LogP contribution in [0.1, 0.15) is 24.1 Å². The molecule has 2 N–H and O–H groups in total. The average Bonchev–Trinajstić information content (AvgIpc) is 2.63. The highest BCUT2D eigenvalue weighted by Crippen LogP contribution is 2.19. The Hall–Kier alpha value is -1.84. The van der Waals surface area contributed by atoms with Crippen LogP contribution in [-0.4, -0.2) is 9.78 Å². The summed E-state index contributed by atoms with van der Waals surface area (Å²) in [6, 6.07) is 6.69. The normalized spacial score (nSPS) is 12.6. The van der Waals surface area contributed by atoms with Gasteiger partial charge in [-0.2, -0.15) is 5.10 Å². The summed E-state index contributed by atoms with van der Waals surface area (Å²) in [7, 11) is 0. The van der Waals surface area contributed by atoms with Crippen molar-refractivity contribution in [1.29, 1.82) is 0 Å². The third-order valence-electron chi connectivity index (χ3n) is 2.89. The fraction of sp³-hybridized carbons (Fsp3) is 0.308. The van der Waals surface area contributed by atoms with Crippen molar-refractivity contribution in [2.45, 2.75) is 26.3 Å². The van der Waals surface area contributed by atoms with Crippen LogP contribution in [0.3, 0.4) is 0 Å². The standard InChI is InChI=1S/C13H16FN3/c1-9-8-16-17(13(9)15)10(2)7-11-3-5-12(14)6-4-11/h3-6,8,10H,7,15H2,1-2H3. The first kappa shape index (κ1) is 11.6. The van der Waals surface area contributed by atoms with E-state index in [9.17, 15) is 4.39 Å². The van der Waals surface area contributed by atoms with Gasteiger partial charge in [-0.15, -0.1) is 0 Å². The molecule has 1 atom stereocenters. The molecule has 0 bridgehead atoms. The molecule has 0 fully saturated rings. The molecule has 0 aliphatic carbocycles. The zero-order chi connectivity index (χ0) is 12.4. The molecule has 1 unspecified atom stereocenters. The monoisotopic (exact) mass is 233 g/mol. The number of aromatic nitrogens is 2. The predicted molar refractivity (Wildman–Crippen MR) is 66.2 cm³/mol. The molecule has 2 aromatic rings. The zero-order valence-corrected chi connectivity index (χ0v) is 10.0. The van der Waals surface area contributed by atoms with E-state index in [1.54, 1.807) is 23.0 Å². The third kappa shape index (κ3) is 2.46. The lowest BCUT2D eigenvalue weighted by atomic mass is 10.1. The lowest BCUT2D eigenvalue weighted by molar-refractivity contribution is 0.495. The van der Waals surface area contributed by atoms with E-state index in [1.807, 2.05) is 13.8 Å². The van der Waals surface area contributed by atoms with Crippen LogP contribution in [0.4, 0.5) is 10.2 Å². The number of nitrogens with two attached hydrogens (primary N) is 1. The molecule has 4 heteroatoms. The van der Waals surface area contributed by atoms with E-state index in [4.69, 9.17) is 5.73 Å². The summed E-state index contributed by atoms with van der Waals surface area (Å²) >= 11 is 0. The Bertz CT molecular complexity index is 502. The molecule has 0 amide bonds. The Kier molecular flexibility index (Phi) is 3.13. The van der Waals surface area contributed by atoms with Gasteiger partial charge < -0.3 is 5.73 Å². The number of hydrogen-bond donors (Lipinski definition) is 1. The summed E-state index contributed by atoms with van der Waals surface area (Å²) in [5.74, 6) is 0.482. The van der Waals surface area contributed by atoms with E-state index in [-0.39, 0.29) is 11.9 Å². The number of benzene rings is 1. The van der Waals surface area contributed by atoms with Crippen molar-refractivity contribution < 1.29 is 4.39 Å². The van der Waals surface area contributed by atoms with Crippen LogP contribution in [0.2, 0.25) is 0 Å². The molecule has 0 aliphatic heterocycles. The molecule has 2 rings (SSSR count). The van der Waals surface area contributed by atoms with Gasteiger partial charge in [0.05, 0.1) is 12.2 Å². The van der Waals surface area contributed by atoms with Crippen molar-refractivity contribution in [3.63, 3.8) is 0 Å². The molecular formula is C13H16FN3. The smallest absolute Gasteiger partial charge is 0.124 e. The minimum Gasteiger partial charge on any atom is -0.384 e. The van der Waals surface area contributed by atoms with Crippen molar-refractivity contribution in [3.05, 3.63) is 47.4 Å². The second kappa shape index (κ2) is 4.57. The van der Waals surface area contributed by atoms with E-state index < -0.39 is 0 Å². The number of rotatable bonds is 3. The topological polar surface area (TPSA) is 43.8 Å². The second-order valence-electron chi connectivity index (χ2n) is 4.34. The molecule has 0 spiro atoms. The van der Waals surface area contributed by atoms with Gasteiger partial charge >= 0.3 is 0 Å². The maximum absolute atomic E-state index is 12.8. The van der Waals surface area contributed by atoms with Gasteiger partial charge in [-0.3, -0.25) is 0 Å². The van der Waals surface area contributed by atoms with E-state index in [0.29, 0.717) is 5.82 Å². The number of hydrogen-bond acceptors (Lipinski definition) is 2. The highest BCUT2D eigenvalue weighted by Gasteiger charge is 2.11. The van der Waals surface area contributed by atoms with Crippen LogP contribution in [0.25, 0.3) is 0 Å². The maximum Gasteiger partial charge on any atom is 0.124 e. The van der Waals surface area contributed by atoms with Gasteiger partial charge in [-0.25, -0.2) is 9.07 Å². The van der Waals surface area contributed by atoms with Gasteiger partial charge in [0.25, 0.3) is 0 Å². The molecular weight excluding hydrogens is 217 g/mol. The fourth-order valence-corrected chi connectivity index (χ4v) is 1.86. The summed E-state index contributed by atoms with van der Waals surface area (Å²) in [5.41, 5.74) is 7.98. The van der Waals surface area contributed by atoms with Crippen LogP contribution in [0, 0.1) is 12.7 Å². The van der Waals surface area contributed by atoms with E-state index >= 15 is 0 Å². The van der Waals surface area contributed by atoms with Crippen molar-refractivity contribution in [2.24, 2.45) is 0 Å². The maximum atomic E-state index is 12.8. The zero-order valence-electron chi connectivity index (χ0n) is 10.0. The Morgan fingerprint density at radius 1 is 1.35 bits per heavy atom. The number of nitrogen functional groups attached to an aromatic ring is 1. The van der Waals surface area contributed by atoms with Crippen molar-refractivity contribution in [3.8, 4) is 0 Å². The molecule has 3 nitrogen and oxygen atoms in total. The average molecular weight is 233 g/mol. The van der Waals surface area contributed by atoms with Gasteiger partial charge in [0, 0.05) is 5.56 Å². The molecule has 90 valence electrons. The van der Waals surface area contributed by atoms with Gasteiger partial charge in [0.2, 0.25) is 0 Å². The molecule has 1 aromatic heterocycles. The minimum absolute atomic E-state index is 0.161. The van der Waals surface area contributed by atoms with Crippen LogP contribution in [0.5, 0.6) is 0 Å². The lowest BCUT2D eigenvalue weighted by Crippen LogP contribution is -2.12. The summed E-state index contributed by atoms with van der Waals surface area (Å²) < 4.78 is 14.6. The molecule has 1 aromatic carbocycles. The Morgan fingerprint density at radius 2 is 2.00 bits per heavy atom. The first-order valence-corrected chi connectivity index (χ1v) is 5.62. The largest absolute Gasteiger partial charge is 0.384 e. The molecule has 0 saturated carbocycles. The van der Waals surface area contributed by atoms with Gasteiger partial charge in [-0.1, -0.05) is 12.1 Å².